The average molecular weight is 325 g/mol. The topological polar surface area (TPSA) is 57.7 Å². The van der Waals surface area contributed by atoms with Crippen LogP contribution in [0.15, 0.2) is 22.7 Å². The Bertz CT molecular complexity index is 571. The SMILES string of the molecule is CCN(C)C(=O)CN1C(=O)C(=O)c2cccc(Br)c21. The van der Waals surface area contributed by atoms with Crippen LogP contribution in [0.1, 0.15) is 17.3 Å². The van der Waals surface area contributed by atoms with Crippen LogP contribution in [-0.4, -0.2) is 42.6 Å². The quantitative estimate of drug-likeness (QED) is 0.791. The summed E-state index contributed by atoms with van der Waals surface area (Å²) in [6.07, 6.45) is 0. The van der Waals surface area contributed by atoms with Gasteiger partial charge in [0.2, 0.25) is 5.91 Å². The Hall–Kier alpha value is -1.69. The lowest BCUT2D eigenvalue weighted by Gasteiger charge is -2.21. The summed E-state index contributed by atoms with van der Waals surface area (Å²) in [6.45, 7) is 2.28. The van der Waals surface area contributed by atoms with Gasteiger partial charge in [-0.25, -0.2) is 0 Å². The van der Waals surface area contributed by atoms with Gasteiger partial charge in [-0.05, 0) is 35.0 Å². The molecule has 5 nitrogen and oxygen atoms in total. The third-order valence-electron chi connectivity index (χ3n) is 3.13. The van der Waals surface area contributed by atoms with Gasteiger partial charge in [-0.1, -0.05) is 6.07 Å². The Labute approximate surface area is 119 Å². The minimum absolute atomic E-state index is 0.121. The van der Waals surface area contributed by atoms with Crippen LogP contribution < -0.4 is 4.90 Å². The number of hydrogen-bond acceptors (Lipinski definition) is 3. The van der Waals surface area contributed by atoms with Crippen molar-refractivity contribution in [3.8, 4) is 0 Å². The second-order valence-electron chi connectivity index (χ2n) is 4.26. The van der Waals surface area contributed by atoms with E-state index in [1.807, 2.05) is 6.92 Å². The normalized spacial score (nSPS) is 13.7. The fourth-order valence-electron chi connectivity index (χ4n) is 1.90. The van der Waals surface area contributed by atoms with E-state index in [0.717, 1.165) is 0 Å². The molecule has 0 saturated heterocycles. The first-order valence-electron chi connectivity index (χ1n) is 5.86. The maximum absolute atomic E-state index is 11.9. The molecule has 0 atom stereocenters. The lowest BCUT2D eigenvalue weighted by atomic mass is 10.1. The van der Waals surface area contributed by atoms with Gasteiger partial charge < -0.3 is 4.90 Å². The van der Waals surface area contributed by atoms with E-state index >= 15 is 0 Å². The zero-order chi connectivity index (χ0) is 14.2. The van der Waals surface area contributed by atoms with Gasteiger partial charge in [0.05, 0.1) is 11.3 Å². The molecule has 1 aromatic rings. The molecule has 0 aliphatic carbocycles. The Balaban J connectivity index is 2.36. The number of para-hydroxylation sites is 1. The van der Waals surface area contributed by atoms with Gasteiger partial charge in [0.1, 0.15) is 6.54 Å². The van der Waals surface area contributed by atoms with E-state index < -0.39 is 11.7 Å². The Morgan fingerprint density at radius 3 is 2.68 bits per heavy atom. The summed E-state index contributed by atoms with van der Waals surface area (Å²) in [6, 6.07) is 5.03. The summed E-state index contributed by atoms with van der Waals surface area (Å²) >= 11 is 3.32. The van der Waals surface area contributed by atoms with Crippen molar-refractivity contribution < 1.29 is 14.4 Å². The molecule has 100 valence electrons. The lowest BCUT2D eigenvalue weighted by Crippen LogP contribution is -2.41. The van der Waals surface area contributed by atoms with Crippen LogP contribution in [0.3, 0.4) is 0 Å². The molecule has 19 heavy (non-hydrogen) atoms. The number of rotatable bonds is 3. The van der Waals surface area contributed by atoms with Crippen molar-refractivity contribution in [1.82, 2.24) is 4.90 Å². The third kappa shape index (κ3) is 2.28. The number of amides is 2. The highest BCUT2D eigenvalue weighted by Gasteiger charge is 2.38. The lowest BCUT2D eigenvalue weighted by molar-refractivity contribution is -0.129. The van der Waals surface area contributed by atoms with Gasteiger partial charge in [-0.15, -0.1) is 0 Å². The number of halogens is 1. The number of benzene rings is 1. The first kappa shape index (κ1) is 13.7. The predicted octanol–water partition coefficient (Wildman–Crippen LogP) is 1.46. The number of carbonyl (C=O) groups is 3. The van der Waals surface area contributed by atoms with Crippen LogP contribution in [0.2, 0.25) is 0 Å². The highest BCUT2D eigenvalue weighted by Crippen LogP contribution is 2.35. The molecule has 1 aliphatic rings. The molecule has 0 N–H and O–H groups in total. The molecule has 1 heterocycles. The van der Waals surface area contributed by atoms with Gasteiger partial charge in [-0.3, -0.25) is 19.3 Å². The molecule has 0 unspecified atom stereocenters. The van der Waals surface area contributed by atoms with Gasteiger partial charge in [0.15, 0.2) is 0 Å². The molecule has 2 amide bonds. The molecule has 0 aromatic heterocycles. The van der Waals surface area contributed by atoms with E-state index in [1.165, 1.54) is 9.80 Å². The fourth-order valence-corrected chi connectivity index (χ4v) is 2.48. The van der Waals surface area contributed by atoms with Crippen molar-refractivity contribution in [3.05, 3.63) is 28.2 Å². The maximum Gasteiger partial charge on any atom is 0.299 e. The second kappa shape index (κ2) is 5.13. The molecule has 0 fully saturated rings. The smallest absolute Gasteiger partial charge is 0.299 e. The number of likely N-dealkylation sites (N-methyl/N-ethyl adjacent to an activating group) is 1. The third-order valence-corrected chi connectivity index (χ3v) is 3.77. The molecular weight excluding hydrogens is 312 g/mol. The van der Waals surface area contributed by atoms with E-state index in [2.05, 4.69) is 15.9 Å². The first-order valence-corrected chi connectivity index (χ1v) is 6.65. The zero-order valence-electron chi connectivity index (χ0n) is 10.6. The van der Waals surface area contributed by atoms with Gasteiger partial charge >= 0.3 is 0 Å². The predicted molar refractivity (Wildman–Crippen MR) is 74.1 cm³/mol. The van der Waals surface area contributed by atoms with E-state index in [4.69, 9.17) is 0 Å². The average Bonchev–Trinajstić information content (AvgIpc) is 2.64. The molecule has 1 aliphatic heterocycles. The minimum Gasteiger partial charge on any atom is -0.344 e. The molecule has 0 radical (unpaired) electrons. The van der Waals surface area contributed by atoms with E-state index in [1.54, 1.807) is 25.2 Å². The summed E-state index contributed by atoms with van der Waals surface area (Å²) in [7, 11) is 1.66. The number of ketones is 1. The van der Waals surface area contributed by atoms with Crippen molar-refractivity contribution in [2.24, 2.45) is 0 Å². The Morgan fingerprint density at radius 2 is 2.05 bits per heavy atom. The number of Topliss-reactive ketones (excluding diaryl/α,β-unsaturated/α-hetero) is 1. The van der Waals surface area contributed by atoms with Crippen LogP contribution in [-0.2, 0) is 9.59 Å². The largest absolute Gasteiger partial charge is 0.344 e. The number of fused-ring (bicyclic) bond motifs is 1. The highest BCUT2D eigenvalue weighted by molar-refractivity contribution is 9.10. The summed E-state index contributed by atoms with van der Waals surface area (Å²) in [4.78, 5) is 38.4. The van der Waals surface area contributed by atoms with Crippen molar-refractivity contribution in [2.45, 2.75) is 6.92 Å². The van der Waals surface area contributed by atoms with Crippen LogP contribution in [0.5, 0.6) is 0 Å². The summed E-state index contributed by atoms with van der Waals surface area (Å²) in [5.74, 6) is -1.42. The van der Waals surface area contributed by atoms with Gasteiger partial charge in [-0.2, -0.15) is 0 Å². The Kier molecular flexibility index (Phi) is 3.71. The highest BCUT2D eigenvalue weighted by atomic mass is 79.9. The summed E-state index contributed by atoms with van der Waals surface area (Å²) in [5, 5.41) is 0. The first-order chi connectivity index (χ1) is 8.97. The van der Waals surface area contributed by atoms with Crippen LogP contribution >= 0.6 is 15.9 Å². The van der Waals surface area contributed by atoms with Crippen LogP contribution in [0, 0.1) is 0 Å². The number of hydrogen-bond donors (Lipinski definition) is 0. The molecule has 0 bridgehead atoms. The van der Waals surface area contributed by atoms with Crippen molar-refractivity contribution >= 4 is 39.2 Å². The van der Waals surface area contributed by atoms with E-state index in [9.17, 15) is 14.4 Å². The zero-order valence-corrected chi connectivity index (χ0v) is 12.2. The van der Waals surface area contributed by atoms with Crippen molar-refractivity contribution in [2.75, 3.05) is 25.0 Å². The standard InChI is InChI=1S/C13H13BrN2O3/c1-3-15(2)10(17)7-16-11-8(12(18)13(16)19)5-4-6-9(11)14/h4-6H,3,7H2,1-2H3. The van der Waals surface area contributed by atoms with Crippen molar-refractivity contribution in [3.63, 3.8) is 0 Å². The molecule has 0 saturated carbocycles. The Morgan fingerprint density at radius 1 is 1.37 bits per heavy atom. The van der Waals surface area contributed by atoms with Crippen LogP contribution in [0.25, 0.3) is 0 Å². The molecule has 0 spiro atoms. The fraction of sp³-hybridized carbons (Fsp3) is 0.308. The second-order valence-corrected chi connectivity index (χ2v) is 5.12. The van der Waals surface area contributed by atoms with E-state index in [-0.39, 0.29) is 12.5 Å². The monoisotopic (exact) mass is 324 g/mol. The molecule has 1 aromatic carbocycles. The summed E-state index contributed by atoms with van der Waals surface area (Å²) in [5.41, 5.74) is 0.821. The summed E-state index contributed by atoms with van der Waals surface area (Å²) < 4.78 is 0.635. The molecule has 2 rings (SSSR count). The van der Waals surface area contributed by atoms with E-state index in [0.29, 0.717) is 22.3 Å². The number of carbonyl (C=O) groups excluding carboxylic acids is 3. The number of anilines is 1. The maximum atomic E-state index is 11.9. The molecule has 6 heteroatoms. The van der Waals surface area contributed by atoms with Crippen molar-refractivity contribution in [1.29, 1.82) is 0 Å². The number of nitrogens with zero attached hydrogens (tertiary/aromatic N) is 2. The van der Waals surface area contributed by atoms with Crippen LogP contribution in [0.4, 0.5) is 5.69 Å². The molecular formula is C13H13BrN2O3. The van der Waals surface area contributed by atoms with Gasteiger partial charge in [0.25, 0.3) is 11.7 Å². The van der Waals surface area contributed by atoms with Gasteiger partial charge in [0, 0.05) is 18.1 Å². The minimum atomic E-state index is -0.653.